The normalized spacial score (nSPS) is 13.9. The number of nitrogens with one attached hydrogen (secondary N) is 5. The summed E-state index contributed by atoms with van der Waals surface area (Å²) in [7, 11) is 0. The monoisotopic (exact) mass is 588 g/mol. The summed E-state index contributed by atoms with van der Waals surface area (Å²) in [4.78, 5) is 42.6. The minimum atomic E-state index is -0.821. The van der Waals surface area contributed by atoms with Crippen LogP contribution < -0.4 is 44.2 Å². The van der Waals surface area contributed by atoms with Gasteiger partial charge in [-0.3, -0.25) is 19.8 Å². The van der Waals surface area contributed by atoms with Crippen molar-refractivity contribution in [1.29, 1.82) is 5.41 Å². The molecular formula is C27H44N10O3S. The average Bonchev–Trinajstić information content (AvgIpc) is 3.46. The summed E-state index contributed by atoms with van der Waals surface area (Å²) in [5.74, 6) is -1.45. The highest BCUT2D eigenvalue weighted by atomic mass is 32.1. The summed E-state index contributed by atoms with van der Waals surface area (Å²) in [6, 6.07) is 6.82. The molecule has 0 radical (unpaired) electrons. The summed E-state index contributed by atoms with van der Waals surface area (Å²) >= 11 is 1.42. The zero-order valence-corrected chi connectivity index (χ0v) is 24.1. The molecule has 4 atom stereocenters. The molecule has 1 heterocycles. The Morgan fingerprint density at radius 1 is 0.951 bits per heavy atom. The molecule has 2 aromatic rings. The average molecular weight is 589 g/mol. The van der Waals surface area contributed by atoms with Gasteiger partial charge in [-0.2, -0.15) is 0 Å². The summed E-state index contributed by atoms with van der Waals surface area (Å²) in [5, 5.41) is 21.0. The van der Waals surface area contributed by atoms with Crippen molar-refractivity contribution in [2.24, 2.45) is 22.9 Å². The van der Waals surface area contributed by atoms with Gasteiger partial charge >= 0.3 is 0 Å². The van der Waals surface area contributed by atoms with Gasteiger partial charge in [-0.1, -0.05) is 30.3 Å². The molecule has 0 bridgehead atoms. The van der Waals surface area contributed by atoms with Crippen LogP contribution >= 0.6 is 11.3 Å². The van der Waals surface area contributed by atoms with E-state index in [2.05, 4.69) is 26.3 Å². The van der Waals surface area contributed by atoms with Crippen molar-refractivity contribution < 1.29 is 14.4 Å². The SMILES string of the molecule is N=C(N)NCCCC(CNC(Cc1cscn1)C(=O)NC(CCCCN)C(N)=O)NC(=O)C(N)Cc1ccccc1. The van der Waals surface area contributed by atoms with Crippen molar-refractivity contribution in [1.82, 2.24) is 26.3 Å². The lowest BCUT2D eigenvalue weighted by Gasteiger charge is -2.26. The number of thiazole rings is 1. The number of guanidine groups is 1. The molecule has 14 heteroatoms. The maximum Gasteiger partial charge on any atom is 0.240 e. The van der Waals surface area contributed by atoms with Crippen molar-refractivity contribution >= 4 is 35.0 Å². The van der Waals surface area contributed by atoms with E-state index in [1.807, 2.05) is 35.7 Å². The van der Waals surface area contributed by atoms with E-state index in [0.29, 0.717) is 51.6 Å². The molecule has 0 aliphatic carbocycles. The fourth-order valence-electron chi connectivity index (χ4n) is 4.21. The highest BCUT2D eigenvalue weighted by Crippen LogP contribution is 2.08. The Hall–Kier alpha value is -3.59. The second kappa shape index (κ2) is 18.7. The van der Waals surface area contributed by atoms with Crippen molar-refractivity contribution in [3.8, 4) is 0 Å². The van der Waals surface area contributed by atoms with Gasteiger partial charge in [0.05, 0.1) is 23.3 Å². The van der Waals surface area contributed by atoms with Crippen LogP contribution in [0.25, 0.3) is 0 Å². The molecule has 1 aromatic heterocycles. The number of nitrogens with zero attached hydrogens (tertiary/aromatic N) is 1. The number of amides is 3. The molecule has 0 fully saturated rings. The first-order valence-corrected chi connectivity index (χ1v) is 14.7. The largest absolute Gasteiger partial charge is 0.370 e. The van der Waals surface area contributed by atoms with E-state index in [1.54, 1.807) is 5.51 Å². The van der Waals surface area contributed by atoms with Gasteiger partial charge in [0.15, 0.2) is 5.96 Å². The van der Waals surface area contributed by atoms with E-state index in [9.17, 15) is 14.4 Å². The standard InChI is InChI=1S/C27H44N10O3S/c28-11-5-4-10-22(24(30)38)37-26(40)23(14-20-16-41-17-35-20)34-15-19(9-6-12-33-27(31)32)36-25(39)21(29)13-18-7-2-1-3-8-18/h1-3,7-8,16-17,19,21-23,34H,4-6,9-15,28-29H2,(H2,30,38)(H,36,39)(H,37,40)(H4,31,32,33). The van der Waals surface area contributed by atoms with Gasteiger partial charge in [-0.15, -0.1) is 11.3 Å². The third kappa shape index (κ3) is 13.5. The lowest BCUT2D eigenvalue weighted by molar-refractivity contribution is -0.128. The van der Waals surface area contributed by atoms with Gasteiger partial charge in [0.25, 0.3) is 0 Å². The van der Waals surface area contributed by atoms with Gasteiger partial charge in [0.2, 0.25) is 17.7 Å². The number of hydrogen-bond acceptors (Lipinski definition) is 9. The summed E-state index contributed by atoms with van der Waals surface area (Å²) in [6.07, 6.45) is 3.56. The van der Waals surface area contributed by atoms with E-state index < -0.39 is 29.9 Å². The topological polar surface area (TPSA) is 240 Å². The van der Waals surface area contributed by atoms with Crippen LogP contribution in [0.5, 0.6) is 0 Å². The molecule has 3 amide bonds. The Labute approximate surface area is 245 Å². The number of benzene rings is 1. The van der Waals surface area contributed by atoms with E-state index in [-0.39, 0.29) is 30.9 Å². The van der Waals surface area contributed by atoms with Crippen molar-refractivity contribution in [2.45, 2.75) is 69.1 Å². The number of rotatable bonds is 20. The van der Waals surface area contributed by atoms with Gasteiger partial charge in [-0.05, 0) is 50.6 Å². The zero-order valence-electron chi connectivity index (χ0n) is 23.3. The second-order valence-electron chi connectivity index (χ2n) is 9.88. The first-order chi connectivity index (χ1) is 19.7. The summed E-state index contributed by atoms with van der Waals surface area (Å²) < 4.78 is 0. The minimum Gasteiger partial charge on any atom is -0.370 e. The van der Waals surface area contributed by atoms with Crippen LogP contribution in [0.1, 0.15) is 43.4 Å². The third-order valence-electron chi connectivity index (χ3n) is 6.46. The number of primary amides is 1. The summed E-state index contributed by atoms with van der Waals surface area (Å²) in [5.41, 5.74) is 26.0. The Kier molecular flexibility index (Phi) is 15.3. The Morgan fingerprint density at radius 3 is 2.34 bits per heavy atom. The Morgan fingerprint density at radius 2 is 1.71 bits per heavy atom. The number of carbonyl (C=O) groups excluding carboxylic acids is 3. The predicted octanol–water partition coefficient (Wildman–Crippen LogP) is -0.939. The predicted molar refractivity (Wildman–Crippen MR) is 161 cm³/mol. The number of carbonyl (C=O) groups is 3. The van der Waals surface area contributed by atoms with Crippen molar-refractivity contribution in [3.63, 3.8) is 0 Å². The molecule has 0 aliphatic rings. The highest BCUT2D eigenvalue weighted by Gasteiger charge is 2.26. The van der Waals surface area contributed by atoms with Crippen molar-refractivity contribution in [3.05, 3.63) is 52.5 Å². The fourth-order valence-corrected chi connectivity index (χ4v) is 4.78. The van der Waals surface area contributed by atoms with Crippen LogP contribution in [0.3, 0.4) is 0 Å². The fraction of sp³-hybridized carbons (Fsp3) is 0.519. The van der Waals surface area contributed by atoms with Gasteiger partial charge in [-0.25, -0.2) is 4.98 Å². The molecule has 0 saturated carbocycles. The van der Waals surface area contributed by atoms with Gasteiger partial charge < -0.3 is 44.2 Å². The lowest BCUT2D eigenvalue weighted by Crippen LogP contribution is -2.55. The van der Waals surface area contributed by atoms with Crippen LogP contribution in [-0.2, 0) is 27.2 Å². The minimum absolute atomic E-state index is 0.135. The first kappa shape index (κ1) is 33.6. The van der Waals surface area contributed by atoms with Crippen LogP contribution in [0.4, 0.5) is 0 Å². The lowest BCUT2D eigenvalue weighted by atomic mass is 10.0. The van der Waals surface area contributed by atoms with Gasteiger partial charge in [0.1, 0.15) is 6.04 Å². The molecule has 1 aromatic carbocycles. The molecule has 13 N–H and O–H groups in total. The Balaban J connectivity index is 2.09. The molecule has 0 spiro atoms. The first-order valence-electron chi connectivity index (χ1n) is 13.8. The molecule has 4 unspecified atom stereocenters. The maximum atomic E-state index is 13.3. The number of nitrogens with two attached hydrogens (primary N) is 4. The molecule has 13 nitrogen and oxygen atoms in total. The molecule has 226 valence electrons. The maximum absolute atomic E-state index is 13.3. The number of aromatic nitrogens is 1. The smallest absolute Gasteiger partial charge is 0.240 e. The third-order valence-corrected chi connectivity index (χ3v) is 7.09. The van der Waals surface area contributed by atoms with E-state index in [4.69, 9.17) is 28.3 Å². The van der Waals surface area contributed by atoms with Gasteiger partial charge in [0, 0.05) is 30.9 Å². The highest BCUT2D eigenvalue weighted by molar-refractivity contribution is 7.07. The van der Waals surface area contributed by atoms with Crippen LogP contribution in [0.2, 0.25) is 0 Å². The quantitative estimate of drug-likeness (QED) is 0.0526. The molecule has 0 saturated heterocycles. The zero-order chi connectivity index (χ0) is 30.0. The van der Waals surface area contributed by atoms with Crippen molar-refractivity contribution in [2.75, 3.05) is 19.6 Å². The molecule has 2 rings (SSSR count). The molecule has 0 aliphatic heterocycles. The van der Waals surface area contributed by atoms with Crippen LogP contribution in [0.15, 0.2) is 41.2 Å². The van der Waals surface area contributed by atoms with Crippen LogP contribution in [-0.4, -0.2) is 72.5 Å². The molecule has 41 heavy (non-hydrogen) atoms. The van der Waals surface area contributed by atoms with E-state index in [1.165, 1.54) is 11.3 Å². The number of unbranched alkanes of at least 4 members (excludes halogenated alkanes) is 1. The molecular weight excluding hydrogens is 544 g/mol. The summed E-state index contributed by atoms with van der Waals surface area (Å²) in [6.45, 7) is 1.18. The Bertz CT molecular complexity index is 1070. The second-order valence-corrected chi connectivity index (χ2v) is 10.6. The van der Waals surface area contributed by atoms with E-state index in [0.717, 1.165) is 11.3 Å². The number of hydrogen-bond donors (Lipinski definition) is 9. The van der Waals surface area contributed by atoms with Crippen LogP contribution in [0, 0.1) is 5.41 Å². The van der Waals surface area contributed by atoms with E-state index >= 15 is 0 Å².